The number of hydrogen-bond donors (Lipinski definition) is 1. The fraction of sp³-hybridized carbons (Fsp3) is 1.00. The highest BCUT2D eigenvalue weighted by molar-refractivity contribution is 4.86. The fourth-order valence-corrected chi connectivity index (χ4v) is 2.57. The van der Waals surface area contributed by atoms with Crippen LogP contribution >= 0.6 is 0 Å². The van der Waals surface area contributed by atoms with Gasteiger partial charge in [-0.15, -0.1) is 0 Å². The Balaban J connectivity index is 2.44. The predicted molar refractivity (Wildman–Crippen MR) is 64.6 cm³/mol. The van der Waals surface area contributed by atoms with E-state index in [9.17, 15) is 13.2 Å². The third-order valence-electron chi connectivity index (χ3n) is 3.34. The molecule has 18 heavy (non-hydrogen) atoms. The van der Waals surface area contributed by atoms with Crippen LogP contribution in [0.1, 0.15) is 19.3 Å². The second-order valence-electron chi connectivity index (χ2n) is 5.29. The van der Waals surface area contributed by atoms with E-state index in [1.807, 2.05) is 7.05 Å². The Morgan fingerprint density at radius 1 is 1.39 bits per heavy atom. The lowest BCUT2D eigenvalue weighted by atomic mass is 9.82. The molecule has 0 aromatic carbocycles. The summed E-state index contributed by atoms with van der Waals surface area (Å²) in [5.74, 6) is 0. The van der Waals surface area contributed by atoms with E-state index in [4.69, 9.17) is 4.74 Å². The highest BCUT2D eigenvalue weighted by Crippen LogP contribution is 2.29. The van der Waals surface area contributed by atoms with Crippen LogP contribution in [0, 0.1) is 5.41 Å². The molecule has 1 rings (SSSR count). The maximum atomic E-state index is 12.2. The zero-order valence-electron chi connectivity index (χ0n) is 11.1. The van der Waals surface area contributed by atoms with E-state index >= 15 is 0 Å². The lowest BCUT2D eigenvalue weighted by molar-refractivity contribution is -0.138. The van der Waals surface area contributed by atoms with Gasteiger partial charge >= 0.3 is 6.18 Å². The second kappa shape index (κ2) is 6.73. The standard InChI is InChI=1S/C12H23F3N2O/c1-16-8-11(4-3-7-18-10-11)9-17(2)6-5-12(13,14)15/h16H,3-10H2,1-2H3. The zero-order valence-corrected chi connectivity index (χ0v) is 11.1. The Hall–Kier alpha value is -0.330. The number of ether oxygens (including phenoxy) is 1. The van der Waals surface area contributed by atoms with Crippen molar-refractivity contribution in [1.82, 2.24) is 10.2 Å². The third-order valence-corrected chi connectivity index (χ3v) is 3.34. The smallest absolute Gasteiger partial charge is 0.381 e. The van der Waals surface area contributed by atoms with E-state index < -0.39 is 12.6 Å². The molecule has 3 nitrogen and oxygen atoms in total. The van der Waals surface area contributed by atoms with Crippen molar-refractivity contribution in [3.8, 4) is 0 Å². The number of nitrogens with zero attached hydrogens (tertiary/aromatic N) is 1. The van der Waals surface area contributed by atoms with E-state index in [0.29, 0.717) is 13.2 Å². The Kier molecular flexibility index (Phi) is 5.88. The molecule has 0 aromatic rings. The summed E-state index contributed by atoms with van der Waals surface area (Å²) in [6.45, 7) is 2.87. The van der Waals surface area contributed by atoms with Gasteiger partial charge in [-0.3, -0.25) is 0 Å². The summed E-state index contributed by atoms with van der Waals surface area (Å²) in [5.41, 5.74) is -0.0483. The van der Waals surface area contributed by atoms with Crippen LogP contribution in [-0.2, 0) is 4.74 Å². The van der Waals surface area contributed by atoms with Gasteiger partial charge in [0, 0.05) is 31.7 Å². The van der Waals surface area contributed by atoms with E-state index in [2.05, 4.69) is 5.32 Å². The van der Waals surface area contributed by atoms with Gasteiger partial charge in [-0.1, -0.05) is 0 Å². The molecule has 1 N–H and O–H groups in total. The van der Waals surface area contributed by atoms with Crippen molar-refractivity contribution in [2.24, 2.45) is 5.41 Å². The third kappa shape index (κ3) is 5.54. The van der Waals surface area contributed by atoms with Crippen LogP contribution in [-0.4, -0.2) is 58.0 Å². The summed E-state index contributed by atoms with van der Waals surface area (Å²) in [6, 6.07) is 0. The molecule has 6 heteroatoms. The Morgan fingerprint density at radius 3 is 2.61 bits per heavy atom. The molecule has 108 valence electrons. The van der Waals surface area contributed by atoms with Gasteiger partial charge in [0.15, 0.2) is 0 Å². The first kappa shape index (κ1) is 15.7. The molecule has 1 aliphatic rings. The topological polar surface area (TPSA) is 24.5 Å². The first-order valence-corrected chi connectivity index (χ1v) is 6.35. The minimum Gasteiger partial charge on any atom is -0.381 e. The van der Waals surface area contributed by atoms with Crippen molar-refractivity contribution < 1.29 is 17.9 Å². The first-order chi connectivity index (χ1) is 8.37. The summed E-state index contributed by atoms with van der Waals surface area (Å²) >= 11 is 0. The number of rotatable bonds is 6. The summed E-state index contributed by atoms with van der Waals surface area (Å²) in [5, 5.41) is 3.13. The zero-order chi connectivity index (χ0) is 13.6. The summed E-state index contributed by atoms with van der Waals surface area (Å²) in [6.07, 6.45) is -2.84. The first-order valence-electron chi connectivity index (χ1n) is 6.35. The van der Waals surface area contributed by atoms with Gasteiger partial charge in [-0.25, -0.2) is 0 Å². The summed E-state index contributed by atoms with van der Waals surface area (Å²) in [7, 11) is 3.61. The van der Waals surface area contributed by atoms with E-state index in [1.54, 1.807) is 11.9 Å². The van der Waals surface area contributed by atoms with Crippen molar-refractivity contribution in [2.45, 2.75) is 25.4 Å². The largest absolute Gasteiger partial charge is 0.390 e. The lowest BCUT2D eigenvalue weighted by Crippen LogP contribution is -2.48. The van der Waals surface area contributed by atoms with Gasteiger partial charge in [-0.2, -0.15) is 13.2 Å². The molecule has 1 heterocycles. The van der Waals surface area contributed by atoms with Gasteiger partial charge in [0.1, 0.15) is 0 Å². The molecule has 0 aromatic heterocycles. The summed E-state index contributed by atoms with van der Waals surface area (Å²) < 4.78 is 42.0. The number of hydrogen-bond acceptors (Lipinski definition) is 3. The number of alkyl halides is 3. The van der Waals surface area contributed by atoms with Crippen molar-refractivity contribution in [2.75, 3.05) is 46.9 Å². The molecule has 0 bridgehead atoms. The van der Waals surface area contributed by atoms with Crippen molar-refractivity contribution in [1.29, 1.82) is 0 Å². The molecular weight excluding hydrogens is 245 g/mol. The molecule has 1 saturated heterocycles. The van der Waals surface area contributed by atoms with Crippen LogP contribution in [0.4, 0.5) is 13.2 Å². The van der Waals surface area contributed by atoms with Crippen LogP contribution in [0.3, 0.4) is 0 Å². The van der Waals surface area contributed by atoms with Gasteiger partial charge in [0.05, 0.1) is 13.0 Å². The second-order valence-corrected chi connectivity index (χ2v) is 5.29. The monoisotopic (exact) mass is 268 g/mol. The average molecular weight is 268 g/mol. The number of halogens is 3. The molecule has 1 atom stereocenters. The van der Waals surface area contributed by atoms with Crippen molar-refractivity contribution >= 4 is 0 Å². The molecule has 0 aliphatic carbocycles. The highest BCUT2D eigenvalue weighted by Gasteiger charge is 2.34. The predicted octanol–water partition coefficient (Wildman–Crippen LogP) is 1.89. The molecule has 1 aliphatic heterocycles. The van der Waals surface area contributed by atoms with Crippen LogP contribution < -0.4 is 5.32 Å². The van der Waals surface area contributed by atoms with Crippen LogP contribution in [0.25, 0.3) is 0 Å². The average Bonchev–Trinajstić information content (AvgIpc) is 2.27. The maximum absolute atomic E-state index is 12.2. The van der Waals surface area contributed by atoms with Gasteiger partial charge in [0.25, 0.3) is 0 Å². The molecule has 0 spiro atoms. The van der Waals surface area contributed by atoms with Crippen LogP contribution in [0.15, 0.2) is 0 Å². The Bertz CT molecular complexity index is 234. The molecule has 0 amide bonds. The Morgan fingerprint density at radius 2 is 2.11 bits per heavy atom. The van der Waals surface area contributed by atoms with Crippen molar-refractivity contribution in [3.63, 3.8) is 0 Å². The highest BCUT2D eigenvalue weighted by atomic mass is 19.4. The van der Waals surface area contributed by atoms with E-state index in [-0.39, 0.29) is 12.0 Å². The molecular formula is C12H23F3N2O. The van der Waals surface area contributed by atoms with Gasteiger partial charge in [-0.05, 0) is 26.9 Å². The minimum atomic E-state index is -4.08. The van der Waals surface area contributed by atoms with Gasteiger partial charge in [0.2, 0.25) is 0 Å². The van der Waals surface area contributed by atoms with Gasteiger partial charge < -0.3 is 15.0 Å². The lowest BCUT2D eigenvalue weighted by Gasteiger charge is -2.40. The molecule has 0 saturated carbocycles. The van der Waals surface area contributed by atoms with E-state index in [1.165, 1.54) is 0 Å². The molecule has 1 unspecified atom stereocenters. The SMILES string of the molecule is CNCC1(CN(C)CCC(F)(F)F)CCCOC1. The Labute approximate surface area is 107 Å². The summed E-state index contributed by atoms with van der Waals surface area (Å²) in [4.78, 5) is 1.76. The van der Waals surface area contributed by atoms with Crippen LogP contribution in [0.2, 0.25) is 0 Å². The van der Waals surface area contributed by atoms with Crippen molar-refractivity contribution in [3.05, 3.63) is 0 Å². The molecule has 0 radical (unpaired) electrons. The minimum absolute atomic E-state index is 0.0483. The van der Waals surface area contributed by atoms with Crippen LogP contribution in [0.5, 0.6) is 0 Å². The maximum Gasteiger partial charge on any atom is 0.390 e. The molecule has 1 fully saturated rings. The quantitative estimate of drug-likeness (QED) is 0.796. The normalized spacial score (nSPS) is 25.7. The fourth-order valence-electron chi connectivity index (χ4n) is 2.57. The van der Waals surface area contributed by atoms with E-state index in [0.717, 1.165) is 26.0 Å². The number of nitrogens with one attached hydrogen (secondary N) is 1.